The number of carbonyl (C=O) groups is 2. The molecule has 6 nitrogen and oxygen atoms in total. The van der Waals surface area contributed by atoms with E-state index in [0.717, 1.165) is 12.8 Å². The molecular formula is C17H27N3O3. The van der Waals surface area contributed by atoms with Gasteiger partial charge >= 0.3 is 6.09 Å². The molecule has 1 aliphatic rings. The number of hydrogen-bond acceptors (Lipinski definition) is 4. The predicted octanol–water partition coefficient (Wildman–Crippen LogP) is 3.03. The number of amides is 1. The van der Waals surface area contributed by atoms with Crippen LogP contribution < -0.4 is 0 Å². The van der Waals surface area contributed by atoms with E-state index in [0.29, 0.717) is 24.6 Å². The molecule has 0 bridgehead atoms. The molecule has 0 spiro atoms. The summed E-state index contributed by atoms with van der Waals surface area (Å²) in [6.45, 7) is 8.36. The molecule has 6 heteroatoms. The van der Waals surface area contributed by atoms with Gasteiger partial charge < -0.3 is 9.64 Å². The third-order valence-corrected chi connectivity index (χ3v) is 4.13. The summed E-state index contributed by atoms with van der Waals surface area (Å²) in [5, 5.41) is 4.04. The standard InChI is InChI=1S/C17H27N3O3/c1-12-7-9-20(16(22)23-17(2,3)4)13(10-12)11-15(21)14-6-8-18-19(14)5/h6,8,12-13H,7,9-11H2,1-5H3. The zero-order valence-electron chi connectivity index (χ0n) is 14.7. The molecule has 2 heterocycles. The number of hydrogen-bond donors (Lipinski definition) is 0. The van der Waals surface area contributed by atoms with Gasteiger partial charge in [0.2, 0.25) is 0 Å². The van der Waals surface area contributed by atoms with Gasteiger partial charge in [0.05, 0.1) is 0 Å². The van der Waals surface area contributed by atoms with Crippen LogP contribution >= 0.6 is 0 Å². The van der Waals surface area contributed by atoms with E-state index >= 15 is 0 Å². The van der Waals surface area contributed by atoms with E-state index in [1.807, 2.05) is 20.8 Å². The number of likely N-dealkylation sites (tertiary alicyclic amines) is 1. The van der Waals surface area contributed by atoms with Gasteiger partial charge in [-0.3, -0.25) is 9.48 Å². The molecule has 0 N–H and O–H groups in total. The Balaban J connectivity index is 2.10. The Bertz CT molecular complexity index is 574. The molecule has 1 aromatic rings. The molecule has 1 aliphatic heterocycles. The lowest BCUT2D eigenvalue weighted by molar-refractivity contribution is 0.00511. The van der Waals surface area contributed by atoms with Crippen molar-refractivity contribution in [3.8, 4) is 0 Å². The maximum atomic E-state index is 12.5. The van der Waals surface area contributed by atoms with E-state index in [-0.39, 0.29) is 17.9 Å². The van der Waals surface area contributed by atoms with Crippen LogP contribution in [-0.2, 0) is 11.8 Å². The van der Waals surface area contributed by atoms with Crippen LogP contribution in [0.1, 0.15) is 57.4 Å². The minimum Gasteiger partial charge on any atom is -0.444 e. The van der Waals surface area contributed by atoms with Gasteiger partial charge in [-0.05, 0) is 45.6 Å². The van der Waals surface area contributed by atoms with Crippen molar-refractivity contribution in [2.75, 3.05) is 6.54 Å². The molecule has 0 aliphatic carbocycles. The summed E-state index contributed by atoms with van der Waals surface area (Å²) < 4.78 is 7.07. The van der Waals surface area contributed by atoms with E-state index in [2.05, 4.69) is 12.0 Å². The third-order valence-electron chi connectivity index (χ3n) is 4.13. The summed E-state index contributed by atoms with van der Waals surface area (Å²) >= 11 is 0. The van der Waals surface area contributed by atoms with Crippen molar-refractivity contribution in [3.05, 3.63) is 18.0 Å². The first kappa shape index (κ1) is 17.5. The van der Waals surface area contributed by atoms with E-state index in [4.69, 9.17) is 4.74 Å². The zero-order chi connectivity index (χ0) is 17.2. The molecular weight excluding hydrogens is 294 g/mol. The number of aromatic nitrogens is 2. The van der Waals surface area contributed by atoms with E-state index in [9.17, 15) is 9.59 Å². The Labute approximate surface area is 137 Å². The van der Waals surface area contributed by atoms with Crippen LogP contribution in [0.5, 0.6) is 0 Å². The number of piperidine rings is 1. The van der Waals surface area contributed by atoms with Gasteiger partial charge in [-0.2, -0.15) is 5.10 Å². The smallest absolute Gasteiger partial charge is 0.410 e. The van der Waals surface area contributed by atoms with Gasteiger partial charge in [-0.1, -0.05) is 6.92 Å². The lowest BCUT2D eigenvalue weighted by atomic mass is 9.89. The van der Waals surface area contributed by atoms with Gasteiger partial charge in [-0.25, -0.2) is 4.79 Å². The lowest BCUT2D eigenvalue weighted by Gasteiger charge is -2.38. The molecule has 1 fully saturated rings. The average molecular weight is 321 g/mol. The normalized spacial score (nSPS) is 22.0. The van der Waals surface area contributed by atoms with Crippen LogP contribution in [0.25, 0.3) is 0 Å². The van der Waals surface area contributed by atoms with E-state index in [1.54, 1.807) is 28.9 Å². The number of carbonyl (C=O) groups excluding carboxylic acids is 2. The molecule has 0 radical (unpaired) electrons. The van der Waals surface area contributed by atoms with Crippen LogP contribution in [-0.4, -0.2) is 44.7 Å². The Morgan fingerprint density at radius 3 is 2.65 bits per heavy atom. The van der Waals surface area contributed by atoms with Gasteiger partial charge in [0.15, 0.2) is 5.78 Å². The first-order chi connectivity index (χ1) is 10.7. The van der Waals surface area contributed by atoms with E-state index < -0.39 is 5.60 Å². The first-order valence-electron chi connectivity index (χ1n) is 8.18. The second kappa shape index (κ2) is 6.72. The maximum absolute atomic E-state index is 12.5. The highest BCUT2D eigenvalue weighted by Gasteiger charge is 2.34. The Morgan fingerprint density at radius 1 is 1.39 bits per heavy atom. The van der Waals surface area contributed by atoms with Crippen molar-refractivity contribution in [2.24, 2.45) is 13.0 Å². The molecule has 2 unspecified atom stereocenters. The first-order valence-corrected chi connectivity index (χ1v) is 8.18. The van der Waals surface area contributed by atoms with Crippen LogP contribution in [0.4, 0.5) is 4.79 Å². The second-order valence-corrected chi connectivity index (χ2v) is 7.42. The quantitative estimate of drug-likeness (QED) is 0.803. The highest BCUT2D eigenvalue weighted by molar-refractivity contribution is 5.95. The monoisotopic (exact) mass is 321 g/mol. The molecule has 0 aromatic carbocycles. The SMILES string of the molecule is CC1CCN(C(=O)OC(C)(C)C)C(CC(=O)c2ccnn2C)C1. The molecule has 1 amide bonds. The number of ketones is 1. The van der Waals surface area contributed by atoms with E-state index in [1.165, 1.54) is 0 Å². The van der Waals surface area contributed by atoms with Crippen LogP contribution in [0.2, 0.25) is 0 Å². The maximum Gasteiger partial charge on any atom is 0.410 e. The summed E-state index contributed by atoms with van der Waals surface area (Å²) in [6, 6.07) is 1.60. The highest BCUT2D eigenvalue weighted by atomic mass is 16.6. The average Bonchev–Trinajstić information content (AvgIpc) is 2.83. The number of nitrogens with zero attached hydrogens (tertiary/aromatic N) is 3. The summed E-state index contributed by atoms with van der Waals surface area (Å²) in [5.74, 6) is 0.510. The number of rotatable bonds is 3. The Hall–Kier alpha value is -1.85. The van der Waals surface area contributed by atoms with Crippen molar-refractivity contribution in [1.82, 2.24) is 14.7 Å². The zero-order valence-corrected chi connectivity index (χ0v) is 14.7. The van der Waals surface area contributed by atoms with Gasteiger partial charge in [0, 0.05) is 32.3 Å². The van der Waals surface area contributed by atoms with Crippen LogP contribution in [0.3, 0.4) is 0 Å². The highest BCUT2D eigenvalue weighted by Crippen LogP contribution is 2.27. The number of ether oxygens (including phenoxy) is 1. The summed E-state index contributed by atoms with van der Waals surface area (Å²) in [7, 11) is 1.75. The second-order valence-electron chi connectivity index (χ2n) is 7.42. The lowest BCUT2D eigenvalue weighted by Crippen LogP contribution is -2.48. The summed E-state index contributed by atoms with van der Waals surface area (Å²) in [4.78, 5) is 26.7. The minimum absolute atomic E-state index is 0.0117. The summed E-state index contributed by atoms with van der Waals surface area (Å²) in [6.07, 6.45) is 3.36. The van der Waals surface area contributed by atoms with Crippen molar-refractivity contribution in [3.63, 3.8) is 0 Å². The van der Waals surface area contributed by atoms with Crippen LogP contribution in [0.15, 0.2) is 12.3 Å². The van der Waals surface area contributed by atoms with Crippen molar-refractivity contribution < 1.29 is 14.3 Å². The minimum atomic E-state index is -0.531. The molecule has 2 rings (SSSR count). The molecule has 1 aromatic heterocycles. The van der Waals surface area contributed by atoms with Crippen molar-refractivity contribution in [2.45, 2.75) is 58.6 Å². The predicted molar refractivity (Wildman–Crippen MR) is 87.3 cm³/mol. The fraction of sp³-hybridized carbons (Fsp3) is 0.706. The Kier molecular flexibility index (Phi) is 5.12. The van der Waals surface area contributed by atoms with Crippen molar-refractivity contribution >= 4 is 11.9 Å². The molecule has 1 saturated heterocycles. The summed E-state index contributed by atoms with van der Waals surface area (Å²) in [5.41, 5.74) is 0.0453. The molecule has 23 heavy (non-hydrogen) atoms. The van der Waals surface area contributed by atoms with Crippen LogP contribution in [0, 0.1) is 5.92 Å². The van der Waals surface area contributed by atoms with Gasteiger partial charge in [0.25, 0.3) is 0 Å². The fourth-order valence-electron chi connectivity index (χ4n) is 2.97. The fourth-order valence-corrected chi connectivity index (χ4v) is 2.97. The van der Waals surface area contributed by atoms with Gasteiger partial charge in [-0.15, -0.1) is 0 Å². The molecule has 128 valence electrons. The number of aryl methyl sites for hydroxylation is 1. The Morgan fingerprint density at radius 2 is 2.09 bits per heavy atom. The number of Topliss-reactive ketones (excluding diaryl/α,β-unsaturated/α-hetero) is 1. The largest absolute Gasteiger partial charge is 0.444 e. The van der Waals surface area contributed by atoms with Gasteiger partial charge in [0.1, 0.15) is 11.3 Å². The van der Waals surface area contributed by atoms with Crippen molar-refractivity contribution in [1.29, 1.82) is 0 Å². The third kappa shape index (κ3) is 4.56. The molecule has 0 saturated carbocycles. The topological polar surface area (TPSA) is 64.4 Å². The molecule has 2 atom stereocenters.